The monoisotopic (exact) mass is 303 g/mol. The predicted molar refractivity (Wildman–Crippen MR) is 64.9 cm³/mol. The number of nitrogens with zero attached hydrogens (tertiary/aromatic N) is 3. The van der Waals surface area contributed by atoms with Crippen molar-refractivity contribution in [3.63, 3.8) is 0 Å². The molecule has 1 heterocycles. The summed E-state index contributed by atoms with van der Waals surface area (Å²) in [4.78, 5) is 15.9. The largest absolute Gasteiger partial charge is 0.387 e. The van der Waals surface area contributed by atoms with Crippen molar-refractivity contribution < 1.29 is 9.31 Å². The molecule has 0 saturated heterocycles. The van der Waals surface area contributed by atoms with E-state index in [0.717, 1.165) is 12.8 Å². The van der Waals surface area contributed by atoms with Crippen LogP contribution in [0.5, 0.6) is 0 Å². The smallest absolute Gasteiger partial charge is 0.359 e. The number of halogens is 2. The first-order chi connectivity index (χ1) is 8.13. The van der Waals surface area contributed by atoms with Crippen LogP contribution in [0.25, 0.3) is 0 Å². The molecule has 0 aromatic carbocycles. The van der Waals surface area contributed by atoms with Gasteiger partial charge in [-0.3, -0.25) is 0 Å². The van der Waals surface area contributed by atoms with Crippen molar-refractivity contribution in [3.8, 4) is 0 Å². The molecular weight excluding hydrogens is 293 g/mol. The Morgan fingerprint density at radius 1 is 1.65 bits per heavy atom. The topological polar surface area (TPSA) is 59.3 Å². The van der Waals surface area contributed by atoms with Gasteiger partial charge in [0.15, 0.2) is 6.20 Å². The lowest BCUT2D eigenvalue weighted by Gasteiger charge is -2.22. The average molecular weight is 304 g/mol. The maximum absolute atomic E-state index is 12.5. The highest BCUT2D eigenvalue weighted by Crippen LogP contribution is 2.36. The van der Waals surface area contributed by atoms with Gasteiger partial charge in [0.05, 0.1) is 4.47 Å². The average Bonchev–Trinajstić information content (AvgIpc) is 3.09. The molecule has 1 aromatic rings. The normalized spacial score (nSPS) is 14.7. The molecule has 5 nitrogen and oxygen atoms in total. The van der Waals surface area contributed by atoms with Gasteiger partial charge < -0.3 is 15.0 Å². The summed E-state index contributed by atoms with van der Waals surface area (Å²) in [7, 11) is 0. The summed E-state index contributed by atoms with van der Waals surface area (Å²) in [6.07, 6.45) is 3.27. The van der Waals surface area contributed by atoms with Crippen LogP contribution in [0.4, 0.5) is 15.9 Å². The standard InChI is InChI=1S/C10H11BrFN3O2/c11-7-5-9(10(13-6-7)15(16)17)14(4-3-12)8-1-2-8/h5-6,8H,1-4H2. The van der Waals surface area contributed by atoms with Crippen molar-refractivity contribution in [1.82, 2.24) is 4.98 Å². The second-order valence-corrected chi connectivity index (χ2v) is 4.78. The van der Waals surface area contributed by atoms with E-state index in [0.29, 0.717) is 10.2 Å². The fraction of sp³-hybridized carbons (Fsp3) is 0.500. The van der Waals surface area contributed by atoms with Crippen LogP contribution in [0.15, 0.2) is 16.7 Å². The van der Waals surface area contributed by atoms with Crippen molar-refractivity contribution in [3.05, 3.63) is 26.9 Å². The molecule has 92 valence electrons. The maximum atomic E-state index is 12.5. The molecule has 1 saturated carbocycles. The van der Waals surface area contributed by atoms with Gasteiger partial charge in [-0.05, 0) is 44.7 Å². The highest BCUT2D eigenvalue weighted by atomic mass is 79.9. The fourth-order valence-electron chi connectivity index (χ4n) is 1.75. The van der Waals surface area contributed by atoms with Gasteiger partial charge in [0, 0.05) is 12.6 Å². The minimum Gasteiger partial charge on any atom is -0.359 e. The SMILES string of the molecule is O=[N+]([O-])c1ncc(Br)cc1N(CCF)C1CC1. The molecule has 0 aliphatic heterocycles. The second-order valence-electron chi connectivity index (χ2n) is 3.87. The van der Waals surface area contributed by atoms with Crippen molar-refractivity contribution >= 4 is 27.4 Å². The molecule has 1 aliphatic rings. The van der Waals surface area contributed by atoms with E-state index in [2.05, 4.69) is 20.9 Å². The number of pyridine rings is 1. The molecule has 0 unspecified atom stereocenters. The highest BCUT2D eigenvalue weighted by molar-refractivity contribution is 9.10. The lowest BCUT2D eigenvalue weighted by atomic mass is 10.3. The summed E-state index contributed by atoms with van der Waals surface area (Å²) >= 11 is 3.23. The van der Waals surface area contributed by atoms with Crippen LogP contribution in [0.2, 0.25) is 0 Å². The number of rotatable bonds is 5. The molecule has 0 spiro atoms. The Morgan fingerprint density at radius 2 is 2.35 bits per heavy atom. The zero-order valence-corrected chi connectivity index (χ0v) is 10.6. The van der Waals surface area contributed by atoms with Crippen LogP contribution < -0.4 is 4.90 Å². The van der Waals surface area contributed by atoms with Gasteiger partial charge in [-0.1, -0.05) is 0 Å². The van der Waals surface area contributed by atoms with E-state index in [9.17, 15) is 14.5 Å². The Kier molecular flexibility index (Phi) is 3.56. The number of nitro groups is 1. The molecule has 1 aliphatic carbocycles. The van der Waals surface area contributed by atoms with E-state index in [1.165, 1.54) is 6.20 Å². The van der Waals surface area contributed by atoms with E-state index < -0.39 is 11.6 Å². The van der Waals surface area contributed by atoms with Crippen LogP contribution in [0.3, 0.4) is 0 Å². The summed E-state index contributed by atoms with van der Waals surface area (Å²) in [5, 5.41) is 10.9. The summed E-state index contributed by atoms with van der Waals surface area (Å²) in [5.41, 5.74) is 0.393. The van der Waals surface area contributed by atoms with E-state index in [1.807, 2.05) is 0 Å². The minimum atomic E-state index is -0.532. The van der Waals surface area contributed by atoms with E-state index in [-0.39, 0.29) is 18.4 Å². The molecule has 1 aromatic heterocycles. The lowest BCUT2D eigenvalue weighted by Crippen LogP contribution is -2.28. The number of anilines is 1. The zero-order valence-electron chi connectivity index (χ0n) is 8.97. The minimum absolute atomic E-state index is 0.170. The number of alkyl halides is 1. The van der Waals surface area contributed by atoms with Crippen LogP contribution in [-0.2, 0) is 0 Å². The van der Waals surface area contributed by atoms with Crippen LogP contribution in [0, 0.1) is 10.1 Å². The predicted octanol–water partition coefficient (Wildman–Crippen LogP) is 2.69. The summed E-state index contributed by atoms with van der Waals surface area (Å²) in [6.45, 7) is -0.357. The molecular formula is C10H11BrFN3O2. The van der Waals surface area contributed by atoms with Crippen molar-refractivity contribution in [2.24, 2.45) is 0 Å². The van der Waals surface area contributed by atoms with Gasteiger partial charge >= 0.3 is 5.82 Å². The maximum Gasteiger partial charge on any atom is 0.387 e. The third-order valence-corrected chi connectivity index (χ3v) is 3.04. The van der Waals surface area contributed by atoms with Crippen molar-refractivity contribution in [2.75, 3.05) is 18.1 Å². The van der Waals surface area contributed by atoms with Gasteiger partial charge in [-0.2, -0.15) is 0 Å². The second kappa shape index (κ2) is 4.95. The van der Waals surface area contributed by atoms with Gasteiger partial charge in [-0.15, -0.1) is 0 Å². The third kappa shape index (κ3) is 2.71. The van der Waals surface area contributed by atoms with E-state index in [4.69, 9.17) is 0 Å². The molecule has 0 bridgehead atoms. The Bertz CT molecular complexity index is 440. The highest BCUT2D eigenvalue weighted by Gasteiger charge is 2.33. The zero-order chi connectivity index (χ0) is 12.4. The molecule has 0 radical (unpaired) electrons. The molecule has 17 heavy (non-hydrogen) atoms. The Balaban J connectivity index is 2.39. The Labute approximate surface area is 106 Å². The molecule has 7 heteroatoms. The first-order valence-electron chi connectivity index (χ1n) is 5.26. The van der Waals surface area contributed by atoms with Gasteiger partial charge in [0.2, 0.25) is 0 Å². The molecule has 0 atom stereocenters. The quantitative estimate of drug-likeness (QED) is 0.620. The number of aromatic nitrogens is 1. The first-order valence-corrected chi connectivity index (χ1v) is 6.05. The van der Waals surface area contributed by atoms with Gasteiger partial charge in [0.1, 0.15) is 12.4 Å². The Hall–Kier alpha value is -1.24. The third-order valence-electron chi connectivity index (χ3n) is 2.61. The van der Waals surface area contributed by atoms with Gasteiger partial charge in [-0.25, -0.2) is 4.39 Å². The fourth-order valence-corrected chi connectivity index (χ4v) is 2.07. The number of hydrogen-bond acceptors (Lipinski definition) is 4. The van der Waals surface area contributed by atoms with E-state index in [1.54, 1.807) is 11.0 Å². The molecule has 2 rings (SSSR count). The van der Waals surface area contributed by atoms with Crippen molar-refractivity contribution in [1.29, 1.82) is 0 Å². The molecule has 0 amide bonds. The Morgan fingerprint density at radius 3 is 2.88 bits per heavy atom. The first kappa shape index (κ1) is 12.2. The van der Waals surface area contributed by atoms with Gasteiger partial charge in [0.25, 0.3) is 0 Å². The molecule has 0 N–H and O–H groups in total. The lowest BCUT2D eigenvalue weighted by molar-refractivity contribution is -0.388. The summed E-state index contributed by atoms with van der Waals surface area (Å²) in [6, 6.07) is 1.83. The van der Waals surface area contributed by atoms with Crippen molar-refractivity contribution in [2.45, 2.75) is 18.9 Å². The molecule has 1 fully saturated rings. The summed E-state index contributed by atoms with van der Waals surface area (Å²) in [5.74, 6) is -0.214. The van der Waals surface area contributed by atoms with Crippen LogP contribution in [-0.4, -0.2) is 29.2 Å². The van der Waals surface area contributed by atoms with Crippen LogP contribution in [0.1, 0.15) is 12.8 Å². The van der Waals surface area contributed by atoms with Crippen LogP contribution >= 0.6 is 15.9 Å². The van der Waals surface area contributed by atoms with E-state index >= 15 is 0 Å². The summed E-state index contributed by atoms with van der Waals surface area (Å²) < 4.78 is 13.2. The number of hydrogen-bond donors (Lipinski definition) is 0.